The SMILES string of the molecule is CCc1ccc(NC(=O)c2[nH]c(C)c(C(C)=O)c2C)cc1[S+](=O)([O-])N1CCCCCC1. The topological polar surface area (TPSA) is 105 Å². The summed E-state index contributed by atoms with van der Waals surface area (Å²) in [6.07, 6.45) is 4.38. The lowest BCUT2D eigenvalue weighted by Gasteiger charge is -2.27. The van der Waals surface area contributed by atoms with Gasteiger partial charge in [-0.1, -0.05) is 30.0 Å². The molecule has 0 spiro atoms. The van der Waals surface area contributed by atoms with Crippen LogP contribution in [0.15, 0.2) is 23.1 Å². The van der Waals surface area contributed by atoms with Gasteiger partial charge in [0.1, 0.15) is 5.69 Å². The van der Waals surface area contributed by atoms with Gasteiger partial charge in [-0.2, -0.15) is 0 Å². The number of carbonyl (C=O) groups excluding carboxylic acids is 2. The van der Waals surface area contributed by atoms with Gasteiger partial charge in [-0.25, -0.2) is 0 Å². The maximum atomic E-state index is 13.4. The van der Waals surface area contributed by atoms with E-state index < -0.39 is 16.3 Å². The van der Waals surface area contributed by atoms with E-state index in [1.165, 1.54) is 6.92 Å². The van der Waals surface area contributed by atoms with Crippen molar-refractivity contribution in [3.63, 3.8) is 0 Å². The van der Waals surface area contributed by atoms with Crippen LogP contribution in [0.25, 0.3) is 0 Å². The van der Waals surface area contributed by atoms with Gasteiger partial charge in [-0.15, -0.1) is 4.31 Å². The maximum absolute atomic E-state index is 13.4. The van der Waals surface area contributed by atoms with Gasteiger partial charge in [0.15, 0.2) is 21.1 Å². The number of rotatable bonds is 6. The van der Waals surface area contributed by atoms with E-state index in [0.717, 1.165) is 31.2 Å². The van der Waals surface area contributed by atoms with Gasteiger partial charge in [0.25, 0.3) is 5.91 Å². The number of aromatic nitrogens is 1. The van der Waals surface area contributed by atoms with Crippen LogP contribution in [0.5, 0.6) is 0 Å². The molecule has 1 aromatic carbocycles. The molecule has 2 heterocycles. The number of ketones is 1. The monoisotopic (exact) mass is 445 g/mol. The van der Waals surface area contributed by atoms with Crippen LogP contribution in [0.3, 0.4) is 0 Å². The number of anilines is 1. The summed E-state index contributed by atoms with van der Waals surface area (Å²) >= 11 is 0. The molecular weight excluding hydrogens is 414 g/mol. The van der Waals surface area contributed by atoms with E-state index in [1.54, 1.807) is 36.4 Å². The summed E-state index contributed by atoms with van der Waals surface area (Å²) in [5.41, 5.74) is 3.18. The molecule has 1 aliphatic heterocycles. The molecule has 1 atom stereocenters. The van der Waals surface area contributed by atoms with Crippen molar-refractivity contribution in [2.45, 2.75) is 64.7 Å². The molecule has 0 aliphatic carbocycles. The zero-order valence-electron chi connectivity index (χ0n) is 18.7. The highest BCUT2D eigenvalue weighted by molar-refractivity contribution is 7.95. The normalized spacial score (nSPS) is 17.1. The van der Waals surface area contributed by atoms with Gasteiger partial charge >= 0.3 is 0 Å². The van der Waals surface area contributed by atoms with Crippen LogP contribution >= 0.6 is 0 Å². The van der Waals surface area contributed by atoms with Crippen molar-refractivity contribution >= 4 is 27.8 Å². The third-order valence-electron chi connectivity index (χ3n) is 5.91. The number of aromatic amines is 1. The lowest BCUT2D eigenvalue weighted by Crippen LogP contribution is -2.37. The van der Waals surface area contributed by atoms with E-state index >= 15 is 0 Å². The third kappa shape index (κ3) is 4.81. The quantitative estimate of drug-likeness (QED) is 0.507. The van der Waals surface area contributed by atoms with Gasteiger partial charge in [0.2, 0.25) is 0 Å². The predicted molar refractivity (Wildman–Crippen MR) is 121 cm³/mol. The van der Waals surface area contributed by atoms with Crippen molar-refractivity contribution in [3.8, 4) is 0 Å². The number of amides is 1. The molecule has 0 bridgehead atoms. The molecule has 0 saturated carbocycles. The number of aryl methyl sites for hydroxylation is 2. The summed E-state index contributed by atoms with van der Waals surface area (Å²) in [5.74, 6) is -0.515. The number of nitrogens with zero attached hydrogens (tertiary/aromatic N) is 1. The van der Waals surface area contributed by atoms with Gasteiger partial charge in [0.05, 0.1) is 0 Å². The number of H-pyrrole nitrogens is 1. The van der Waals surface area contributed by atoms with E-state index in [2.05, 4.69) is 10.3 Å². The van der Waals surface area contributed by atoms with Gasteiger partial charge < -0.3 is 14.9 Å². The van der Waals surface area contributed by atoms with E-state index in [-0.39, 0.29) is 10.7 Å². The number of benzene rings is 1. The van der Waals surface area contributed by atoms with E-state index in [0.29, 0.717) is 47.7 Å². The van der Waals surface area contributed by atoms with Crippen molar-refractivity contribution in [1.29, 1.82) is 0 Å². The van der Waals surface area contributed by atoms with Gasteiger partial charge in [-0.05, 0) is 51.7 Å². The number of sulfonamides is 1. The Balaban J connectivity index is 1.92. The highest BCUT2D eigenvalue weighted by Gasteiger charge is 2.33. The van der Waals surface area contributed by atoms with Crippen LogP contribution in [-0.4, -0.2) is 38.6 Å². The van der Waals surface area contributed by atoms with Crippen LogP contribution in [0.1, 0.15) is 77.2 Å². The van der Waals surface area contributed by atoms with Crippen molar-refractivity contribution in [3.05, 3.63) is 46.3 Å². The molecule has 2 aromatic rings. The maximum Gasteiger partial charge on any atom is 0.272 e. The molecular formula is C23H31N3O4S. The average molecular weight is 446 g/mol. The fourth-order valence-corrected chi connectivity index (χ4v) is 6.12. The molecule has 1 amide bonds. The first kappa shape index (κ1) is 23.4. The molecule has 7 nitrogen and oxygen atoms in total. The van der Waals surface area contributed by atoms with Crippen molar-refractivity contribution in [1.82, 2.24) is 9.29 Å². The van der Waals surface area contributed by atoms with Crippen LogP contribution in [0, 0.1) is 13.8 Å². The Hall–Kier alpha value is -2.29. The fourth-order valence-electron chi connectivity index (χ4n) is 4.28. The van der Waals surface area contributed by atoms with E-state index in [9.17, 15) is 18.4 Å². The first-order valence-corrected chi connectivity index (χ1v) is 12.2. The number of carbonyl (C=O) groups is 2. The lowest BCUT2D eigenvalue weighted by molar-refractivity contribution is 0.101. The molecule has 1 aliphatic rings. The molecule has 168 valence electrons. The van der Waals surface area contributed by atoms with Crippen LogP contribution in [0.2, 0.25) is 0 Å². The van der Waals surface area contributed by atoms with Crippen LogP contribution in [0.4, 0.5) is 5.69 Å². The molecule has 1 fully saturated rings. The number of hydrogen-bond acceptors (Lipinski definition) is 4. The molecule has 1 saturated heterocycles. The Labute approximate surface area is 185 Å². The number of nitrogens with one attached hydrogen (secondary N) is 2. The second-order valence-corrected chi connectivity index (χ2v) is 10.0. The summed E-state index contributed by atoms with van der Waals surface area (Å²) in [6.45, 7) is 7.92. The summed E-state index contributed by atoms with van der Waals surface area (Å²) in [4.78, 5) is 28.0. The van der Waals surface area contributed by atoms with Crippen LogP contribution < -0.4 is 5.32 Å². The zero-order chi connectivity index (χ0) is 22.8. The Morgan fingerprint density at radius 3 is 2.35 bits per heavy atom. The second-order valence-electron chi connectivity index (χ2n) is 8.13. The first-order chi connectivity index (χ1) is 14.7. The van der Waals surface area contributed by atoms with Crippen molar-refractivity contribution < 1.29 is 18.4 Å². The minimum Gasteiger partial charge on any atom is -0.593 e. The minimum atomic E-state index is -3.64. The highest BCUT2D eigenvalue weighted by atomic mass is 32.3. The highest BCUT2D eigenvalue weighted by Crippen LogP contribution is 2.30. The Morgan fingerprint density at radius 2 is 1.81 bits per heavy atom. The average Bonchev–Trinajstić information content (AvgIpc) is 2.89. The molecule has 3 rings (SSSR count). The zero-order valence-corrected chi connectivity index (χ0v) is 19.5. The van der Waals surface area contributed by atoms with Crippen molar-refractivity contribution in [2.24, 2.45) is 0 Å². The van der Waals surface area contributed by atoms with Gasteiger partial charge in [0, 0.05) is 41.7 Å². The molecule has 8 heteroatoms. The van der Waals surface area contributed by atoms with Gasteiger partial charge in [-0.3, -0.25) is 9.59 Å². The summed E-state index contributed by atoms with van der Waals surface area (Å²) in [5, 5.41) is 2.79. The molecule has 1 aromatic heterocycles. The Morgan fingerprint density at radius 1 is 1.16 bits per heavy atom. The Kier molecular flexibility index (Phi) is 7.13. The summed E-state index contributed by atoms with van der Waals surface area (Å²) < 4.78 is 28.3. The summed E-state index contributed by atoms with van der Waals surface area (Å²) in [6, 6.07) is 5.03. The largest absolute Gasteiger partial charge is 0.593 e. The number of hydrogen-bond donors (Lipinski definition) is 2. The molecule has 1 unspecified atom stereocenters. The van der Waals surface area contributed by atoms with Crippen LogP contribution in [-0.2, 0) is 21.0 Å². The van der Waals surface area contributed by atoms with E-state index in [1.807, 2.05) is 6.92 Å². The minimum absolute atomic E-state index is 0.108. The van der Waals surface area contributed by atoms with E-state index in [4.69, 9.17) is 0 Å². The Bertz CT molecular complexity index is 1040. The fraction of sp³-hybridized carbons (Fsp3) is 0.478. The first-order valence-electron chi connectivity index (χ1n) is 10.8. The molecule has 2 N–H and O–H groups in total. The smallest absolute Gasteiger partial charge is 0.272 e. The molecule has 0 radical (unpaired) electrons. The van der Waals surface area contributed by atoms with Crippen molar-refractivity contribution in [2.75, 3.05) is 18.4 Å². The standard InChI is InChI=1S/C23H31N3O4S/c1-5-18-10-11-19(14-20(18)31(29,30)26-12-8-6-7-9-13-26)25-23(28)22-15(2)21(17(4)27)16(3)24-22/h10-11,14H,5-9,12-13H2,1-4H3,(H2-,24,25,27,28,29,30). The molecule has 31 heavy (non-hydrogen) atoms. The number of Topliss-reactive ketones (excluding diaryl/α,β-unsaturated/α-hetero) is 1. The predicted octanol–water partition coefficient (Wildman–Crippen LogP) is 4.43. The summed E-state index contributed by atoms with van der Waals surface area (Å²) in [7, 11) is -3.64. The third-order valence-corrected chi connectivity index (χ3v) is 7.89. The lowest BCUT2D eigenvalue weighted by atomic mass is 10.1. The second kappa shape index (κ2) is 9.46.